The molecule has 0 amide bonds. The largest absolute Gasteiger partial charge is 0.465 e. The number of esters is 2. The summed E-state index contributed by atoms with van der Waals surface area (Å²) < 4.78 is 9.60. The van der Waals surface area contributed by atoms with Crippen LogP contribution in [0.4, 0.5) is 10.7 Å². The first-order valence-electron chi connectivity index (χ1n) is 8.26. The predicted octanol–water partition coefficient (Wildman–Crippen LogP) is 4.56. The van der Waals surface area contributed by atoms with Crippen LogP contribution in [0.5, 0.6) is 0 Å². The van der Waals surface area contributed by atoms with E-state index in [2.05, 4.69) is 24.5 Å². The van der Waals surface area contributed by atoms with Gasteiger partial charge in [-0.15, -0.1) is 11.3 Å². The van der Waals surface area contributed by atoms with Gasteiger partial charge in [-0.3, -0.25) is 0 Å². The molecule has 2 N–H and O–H groups in total. The minimum atomic E-state index is -0.550. The number of anilines is 2. The quantitative estimate of drug-likeness (QED) is 0.557. The van der Waals surface area contributed by atoms with Crippen molar-refractivity contribution in [1.82, 2.24) is 0 Å². The number of carbonyl (C=O) groups is 2. The van der Waals surface area contributed by atoms with E-state index < -0.39 is 11.9 Å². The van der Waals surface area contributed by atoms with Crippen molar-refractivity contribution in [3.63, 3.8) is 0 Å². The maximum Gasteiger partial charge on any atom is 0.348 e. The first kappa shape index (κ1) is 20.9. The molecular formula is C19H22N2O4S2. The fraction of sp³-hybridized carbons (Fsp3) is 0.316. The van der Waals surface area contributed by atoms with E-state index >= 15 is 0 Å². The van der Waals surface area contributed by atoms with Crippen molar-refractivity contribution in [2.24, 2.45) is 0 Å². The molecule has 8 heteroatoms. The summed E-state index contributed by atoms with van der Waals surface area (Å²) in [7, 11) is 2.58. The van der Waals surface area contributed by atoms with Crippen molar-refractivity contribution in [2.45, 2.75) is 26.7 Å². The lowest BCUT2D eigenvalue weighted by atomic mass is 10.0. The minimum absolute atomic E-state index is 0.266. The summed E-state index contributed by atoms with van der Waals surface area (Å²) in [6.07, 6.45) is 0. The SMILES string of the molecule is COC(=O)c1sc(NC(=S)Nc2ccc(C(C)C)cc2)c(C(=O)OC)c1C. The number of benzene rings is 1. The number of thiocarbonyl (C=S) groups is 1. The Balaban J connectivity index is 2.23. The zero-order chi connectivity index (χ0) is 20.1. The van der Waals surface area contributed by atoms with Gasteiger partial charge < -0.3 is 20.1 Å². The lowest BCUT2D eigenvalue weighted by Crippen LogP contribution is -2.20. The van der Waals surface area contributed by atoms with Crippen LogP contribution in [0, 0.1) is 6.92 Å². The molecule has 0 unspecified atom stereocenters. The molecule has 0 saturated heterocycles. The molecule has 0 bridgehead atoms. The van der Waals surface area contributed by atoms with Gasteiger partial charge in [0.2, 0.25) is 0 Å². The Bertz CT molecular complexity index is 857. The highest BCUT2D eigenvalue weighted by atomic mass is 32.1. The van der Waals surface area contributed by atoms with E-state index in [4.69, 9.17) is 21.7 Å². The summed E-state index contributed by atoms with van der Waals surface area (Å²) in [6, 6.07) is 7.93. The Morgan fingerprint density at radius 1 is 1.04 bits per heavy atom. The number of methoxy groups -OCH3 is 2. The van der Waals surface area contributed by atoms with Gasteiger partial charge in [0, 0.05) is 5.69 Å². The second kappa shape index (κ2) is 8.96. The summed E-state index contributed by atoms with van der Waals surface area (Å²) in [5, 5.41) is 6.78. The highest BCUT2D eigenvalue weighted by Gasteiger charge is 2.26. The molecule has 0 aliphatic heterocycles. The van der Waals surface area contributed by atoms with Crippen LogP contribution in [0.2, 0.25) is 0 Å². The van der Waals surface area contributed by atoms with Gasteiger partial charge >= 0.3 is 11.9 Å². The zero-order valence-electron chi connectivity index (χ0n) is 15.8. The van der Waals surface area contributed by atoms with Gasteiger partial charge in [0.25, 0.3) is 0 Å². The second-order valence-electron chi connectivity index (χ2n) is 6.10. The van der Waals surface area contributed by atoms with Crippen LogP contribution in [-0.4, -0.2) is 31.3 Å². The molecule has 27 heavy (non-hydrogen) atoms. The second-order valence-corrected chi connectivity index (χ2v) is 7.53. The number of nitrogens with one attached hydrogen (secondary N) is 2. The number of hydrogen-bond donors (Lipinski definition) is 2. The molecule has 0 aliphatic carbocycles. The monoisotopic (exact) mass is 406 g/mol. The van der Waals surface area contributed by atoms with Gasteiger partial charge in [0.1, 0.15) is 9.88 Å². The summed E-state index contributed by atoms with van der Waals surface area (Å²) in [5.41, 5.74) is 2.80. The van der Waals surface area contributed by atoms with Crippen LogP contribution < -0.4 is 10.6 Å². The average molecular weight is 407 g/mol. The van der Waals surface area contributed by atoms with Gasteiger partial charge in [0.05, 0.1) is 19.8 Å². The maximum absolute atomic E-state index is 12.1. The average Bonchev–Trinajstić information content (AvgIpc) is 2.96. The third-order valence-corrected chi connectivity index (χ3v) is 5.36. The third-order valence-electron chi connectivity index (χ3n) is 3.97. The molecule has 0 fully saturated rings. The molecular weight excluding hydrogens is 384 g/mol. The van der Waals surface area contributed by atoms with E-state index in [0.29, 0.717) is 26.5 Å². The smallest absolute Gasteiger partial charge is 0.348 e. The molecule has 0 aliphatic rings. The molecule has 1 heterocycles. The summed E-state index contributed by atoms with van der Waals surface area (Å²) in [4.78, 5) is 24.4. The van der Waals surface area contributed by atoms with E-state index in [1.54, 1.807) is 6.92 Å². The molecule has 0 atom stereocenters. The molecule has 2 rings (SSSR count). The molecule has 1 aromatic carbocycles. The molecule has 0 spiro atoms. The minimum Gasteiger partial charge on any atom is -0.465 e. The standard InChI is InChI=1S/C19H22N2O4S2/c1-10(2)12-6-8-13(9-7-12)20-19(26)21-16-14(17(22)24-4)11(3)15(27-16)18(23)25-5/h6-10H,1-5H3,(H2,20,21,26). The van der Waals surface area contributed by atoms with Crippen molar-refractivity contribution in [3.05, 3.63) is 45.8 Å². The lowest BCUT2D eigenvalue weighted by Gasteiger charge is -2.12. The fourth-order valence-corrected chi connectivity index (χ4v) is 3.86. The number of hydrogen-bond acceptors (Lipinski definition) is 6. The Hall–Kier alpha value is -2.45. The summed E-state index contributed by atoms with van der Waals surface area (Å²) in [5.74, 6) is -0.623. The Morgan fingerprint density at radius 3 is 2.15 bits per heavy atom. The molecule has 0 saturated carbocycles. The first-order chi connectivity index (χ1) is 12.8. The highest BCUT2D eigenvalue weighted by molar-refractivity contribution is 7.80. The van der Waals surface area contributed by atoms with Crippen LogP contribution >= 0.6 is 23.6 Å². The van der Waals surface area contributed by atoms with E-state index in [9.17, 15) is 9.59 Å². The van der Waals surface area contributed by atoms with Gasteiger partial charge in [-0.1, -0.05) is 26.0 Å². The normalized spacial score (nSPS) is 10.4. The topological polar surface area (TPSA) is 76.7 Å². The van der Waals surface area contributed by atoms with E-state index in [1.807, 2.05) is 24.3 Å². The van der Waals surface area contributed by atoms with Crippen molar-refractivity contribution in [1.29, 1.82) is 0 Å². The van der Waals surface area contributed by atoms with E-state index in [1.165, 1.54) is 19.8 Å². The predicted molar refractivity (Wildman–Crippen MR) is 112 cm³/mol. The van der Waals surface area contributed by atoms with Crippen molar-refractivity contribution >= 4 is 51.3 Å². The third kappa shape index (κ3) is 4.84. The maximum atomic E-state index is 12.1. The lowest BCUT2D eigenvalue weighted by molar-refractivity contribution is 0.0601. The fourth-order valence-electron chi connectivity index (χ4n) is 2.45. The van der Waals surface area contributed by atoms with Gasteiger partial charge in [-0.25, -0.2) is 9.59 Å². The van der Waals surface area contributed by atoms with Crippen molar-refractivity contribution in [3.8, 4) is 0 Å². The molecule has 1 aromatic heterocycles. The van der Waals surface area contributed by atoms with Gasteiger partial charge in [0.15, 0.2) is 5.11 Å². The molecule has 2 aromatic rings. The van der Waals surface area contributed by atoms with Gasteiger partial charge in [-0.05, 0) is 48.3 Å². The first-order valence-corrected chi connectivity index (χ1v) is 9.48. The zero-order valence-corrected chi connectivity index (χ0v) is 17.5. The number of rotatable bonds is 5. The Kier molecular flexibility index (Phi) is 6.92. The summed E-state index contributed by atoms with van der Waals surface area (Å²) >= 11 is 6.44. The Morgan fingerprint density at radius 2 is 1.63 bits per heavy atom. The van der Waals surface area contributed by atoms with Crippen LogP contribution in [0.1, 0.15) is 50.9 Å². The number of ether oxygens (including phenoxy) is 2. The Labute approximate surface area is 167 Å². The highest BCUT2D eigenvalue weighted by Crippen LogP contribution is 2.34. The van der Waals surface area contributed by atoms with Crippen LogP contribution in [0.25, 0.3) is 0 Å². The molecule has 144 valence electrons. The van der Waals surface area contributed by atoms with Crippen LogP contribution in [0.15, 0.2) is 24.3 Å². The van der Waals surface area contributed by atoms with Crippen molar-refractivity contribution in [2.75, 3.05) is 24.9 Å². The summed E-state index contributed by atoms with van der Waals surface area (Å²) in [6.45, 7) is 5.92. The van der Waals surface area contributed by atoms with E-state index in [0.717, 1.165) is 17.0 Å². The van der Waals surface area contributed by atoms with Crippen LogP contribution in [-0.2, 0) is 9.47 Å². The van der Waals surface area contributed by atoms with Crippen molar-refractivity contribution < 1.29 is 19.1 Å². The van der Waals surface area contributed by atoms with Gasteiger partial charge in [-0.2, -0.15) is 0 Å². The van der Waals surface area contributed by atoms with E-state index in [-0.39, 0.29) is 5.56 Å². The number of thiophene rings is 1. The van der Waals surface area contributed by atoms with Crippen LogP contribution in [0.3, 0.4) is 0 Å². The molecule has 6 nitrogen and oxygen atoms in total. The molecule has 0 radical (unpaired) electrons. The number of carbonyl (C=O) groups excluding carboxylic acids is 2.